The van der Waals surface area contributed by atoms with Crippen LogP contribution in [0.3, 0.4) is 0 Å². The van der Waals surface area contributed by atoms with Crippen molar-refractivity contribution in [1.82, 2.24) is 4.90 Å². The van der Waals surface area contributed by atoms with Crippen LogP contribution < -0.4 is 14.4 Å². The third-order valence-corrected chi connectivity index (χ3v) is 10.4. The number of rotatable bonds is 12. The first kappa shape index (κ1) is 31.4. The molecule has 3 unspecified atom stereocenters. The number of carbonyl (C=O) groups excluding carboxylic acids is 1. The van der Waals surface area contributed by atoms with Crippen LogP contribution in [0.4, 0.5) is 10.1 Å². The quantitative estimate of drug-likeness (QED) is 0.147. The van der Waals surface area contributed by atoms with Crippen LogP contribution in [-0.4, -0.2) is 66.8 Å². The summed E-state index contributed by atoms with van der Waals surface area (Å²) in [5, 5.41) is 10.8. The van der Waals surface area contributed by atoms with Gasteiger partial charge in [-0.1, -0.05) is 48.5 Å². The molecule has 4 heterocycles. The lowest BCUT2D eigenvalue weighted by Gasteiger charge is -2.50. The molecule has 0 aromatic heterocycles. The molecule has 47 heavy (non-hydrogen) atoms. The van der Waals surface area contributed by atoms with Crippen molar-refractivity contribution in [3.8, 4) is 11.5 Å². The van der Waals surface area contributed by atoms with Crippen molar-refractivity contribution >= 4 is 11.6 Å². The predicted octanol–water partition coefficient (Wildman–Crippen LogP) is 6.28. The lowest BCUT2D eigenvalue weighted by molar-refractivity contribution is -0.953. The summed E-state index contributed by atoms with van der Waals surface area (Å²) in [6.45, 7) is 9.03. The fourth-order valence-corrected chi connectivity index (χ4v) is 7.46. The molecule has 4 fully saturated rings. The third-order valence-electron chi connectivity index (χ3n) is 10.4. The maximum absolute atomic E-state index is 13.6. The van der Waals surface area contributed by atoms with Crippen LogP contribution in [0.15, 0.2) is 97.1 Å². The van der Waals surface area contributed by atoms with E-state index in [9.17, 15) is 14.3 Å². The number of fused-ring (bicyclic) bond motifs is 3. The average Bonchev–Trinajstić information content (AvgIpc) is 3.11. The van der Waals surface area contributed by atoms with Gasteiger partial charge in [-0.05, 0) is 78.1 Å². The van der Waals surface area contributed by atoms with Crippen molar-refractivity contribution in [1.29, 1.82) is 0 Å². The summed E-state index contributed by atoms with van der Waals surface area (Å²) >= 11 is 0. The summed E-state index contributed by atoms with van der Waals surface area (Å²) in [5.74, 6) is 0.878. The van der Waals surface area contributed by atoms with Crippen LogP contribution in [0.2, 0.25) is 0 Å². The SMILES string of the molecule is COc1ccc(C2C(CCC(O)c3ccc(F)cc3)C(=O)N2c2ccc(OCc3ccc(C[N+]45CCN(CC4)CC5)cc3)cc2)cc1. The highest BCUT2D eigenvalue weighted by molar-refractivity contribution is 6.03. The zero-order valence-electron chi connectivity index (χ0n) is 26.9. The standard InChI is InChI=1S/C39H43FN3O4/c1-46-34-14-8-31(9-15-34)38-36(18-19-37(44)30-6-10-32(40)11-7-30)39(45)42(38)33-12-16-35(17-13-33)47-27-29-4-2-28(3-5-29)26-43-23-20-41(21-24-43)22-25-43/h2-17,36-38,44H,18-27H2,1H3/q+1. The minimum atomic E-state index is -0.772. The Morgan fingerprint density at radius 2 is 1.45 bits per heavy atom. The second-order valence-electron chi connectivity index (χ2n) is 13.3. The minimum Gasteiger partial charge on any atom is -0.497 e. The van der Waals surface area contributed by atoms with Crippen LogP contribution in [0.1, 0.15) is 47.2 Å². The molecule has 244 valence electrons. The molecule has 4 aliphatic rings. The van der Waals surface area contributed by atoms with Gasteiger partial charge < -0.3 is 24.0 Å². The number of amides is 1. The van der Waals surface area contributed by atoms with Gasteiger partial charge in [0.05, 0.1) is 44.8 Å². The summed E-state index contributed by atoms with van der Waals surface area (Å²) in [5.41, 5.74) is 4.97. The number of quaternary nitrogens is 1. The summed E-state index contributed by atoms with van der Waals surface area (Å²) in [6.07, 6.45) is 0.129. The Morgan fingerprint density at radius 1 is 0.830 bits per heavy atom. The summed E-state index contributed by atoms with van der Waals surface area (Å²) in [6, 6.07) is 30.0. The Bertz CT molecular complexity index is 1640. The fourth-order valence-electron chi connectivity index (χ4n) is 7.46. The molecule has 4 aromatic rings. The highest BCUT2D eigenvalue weighted by atomic mass is 19.1. The van der Waals surface area contributed by atoms with Crippen molar-refractivity contribution < 1.29 is 28.2 Å². The number of ether oxygens (including phenoxy) is 2. The van der Waals surface area contributed by atoms with Crippen molar-refractivity contribution in [2.75, 3.05) is 51.3 Å². The molecule has 0 aliphatic carbocycles. The van der Waals surface area contributed by atoms with Crippen molar-refractivity contribution in [2.24, 2.45) is 5.92 Å². The molecule has 2 bridgehead atoms. The van der Waals surface area contributed by atoms with Gasteiger partial charge >= 0.3 is 0 Å². The van der Waals surface area contributed by atoms with Gasteiger partial charge in [0.2, 0.25) is 5.91 Å². The Morgan fingerprint density at radius 3 is 2.09 bits per heavy atom. The summed E-state index contributed by atoms with van der Waals surface area (Å²) in [7, 11) is 1.63. The normalized spacial score (nSPS) is 24.1. The highest BCUT2D eigenvalue weighted by Crippen LogP contribution is 2.47. The second-order valence-corrected chi connectivity index (χ2v) is 13.3. The van der Waals surface area contributed by atoms with Crippen molar-refractivity contribution in [2.45, 2.75) is 38.1 Å². The maximum Gasteiger partial charge on any atom is 0.233 e. The molecule has 1 amide bonds. The number of benzene rings is 4. The largest absolute Gasteiger partial charge is 0.497 e. The number of aliphatic hydroxyl groups excluding tert-OH is 1. The molecule has 1 N–H and O–H groups in total. The first-order valence-electron chi connectivity index (χ1n) is 16.7. The molecule has 4 saturated heterocycles. The fraction of sp³-hybridized carbons (Fsp3) is 0.359. The molecule has 4 aromatic carbocycles. The van der Waals surface area contributed by atoms with E-state index in [1.807, 2.05) is 53.4 Å². The number of piperazine rings is 3. The number of anilines is 1. The summed E-state index contributed by atoms with van der Waals surface area (Å²) < 4.78 is 26.1. The minimum absolute atomic E-state index is 0.0165. The zero-order chi connectivity index (χ0) is 32.4. The maximum atomic E-state index is 13.6. The molecule has 3 atom stereocenters. The van der Waals surface area contributed by atoms with E-state index in [4.69, 9.17) is 9.47 Å². The topological polar surface area (TPSA) is 62.2 Å². The van der Waals surface area contributed by atoms with Gasteiger partial charge in [0.25, 0.3) is 0 Å². The van der Waals surface area contributed by atoms with Gasteiger partial charge in [-0.3, -0.25) is 9.69 Å². The van der Waals surface area contributed by atoms with Crippen molar-refractivity contribution in [3.05, 3.63) is 125 Å². The van der Waals surface area contributed by atoms with Gasteiger partial charge in [-0.2, -0.15) is 0 Å². The van der Waals surface area contributed by atoms with Gasteiger partial charge in [0.1, 0.15) is 30.5 Å². The van der Waals surface area contributed by atoms with Crippen molar-refractivity contribution in [3.63, 3.8) is 0 Å². The van der Waals surface area contributed by atoms with Gasteiger partial charge in [-0.25, -0.2) is 4.39 Å². The van der Waals surface area contributed by atoms with Gasteiger partial charge in [-0.15, -0.1) is 0 Å². The number of β-lactam (4-membered cyclic amide) rings is 1. The molecule has 7 nitrogen and oxygen atoms in total. The van der Waals surface area contributed by atoms with E-state index in [0.29, 0.717) is 25.0 Å². The van der Waals surface area contributed by atoms with E-state index < -0.39 is 6.10 Å². The third kappa shape index (κ3) is 6.77. The van der Waals surface area contributed by atoms with E-state index in [0.717, 1.165) is 34.9 Å². The molecule has 0 radical (unpaired) electrons. The van der Waals surface area contributed by atoms with E-state index in [1.54, 1.807) is 19.2 Å². The number of carbonyl (C=O) groups is 1. The zero-order valence-corrected chi connectivity index (χ0v) is 26.9. The van der Waals surface area contributed by atoms with Crippen LogP contribution in [-0.2, 0) is 17.9 Å². The molecule has 8 heteroatoms. The van der Waals surface area contributed by atoms with Crippen LogP contribution in [0, 0.1) is 11.7 Å². The molecule has 0 saturated carbocycles. The van der Waals surface area contributed by atoms with Gasteiger partial charge in [0.15, 0.2) is 0 Å². The van der Waals surface area contributed by atoms with E-state index in [2.05, 4.69) is 29.2 Å². The molecular formula is C39H43FN3O4+. The van der Waals surface area contributed by atoms with Gasteiger partial charge in [0, 0.05) is 30.9 Å². The number of halogens is 1. The molecule has 0 spiro atoms. The van der Waals surface area contributed by atoms with Crippen LogP contribution in [0.25, 0.3) is 0 Å². The molecular weight excluding hydrogens is 593 g/mol. The number of aliphatic hydroxyl groups is 1. The number of nitrogens with zero attached hydrogens (tertiary/aromatic N) is 3. The first-order valence-corrected chi connectivity index (χ1v) is 16.7. The Kier molecular flexibility index (Phi) is 8.99. The molecule has 4 aliphatic heterocycles. The monoisotopic (exact) mass is 636 g/mol. The van der Waals surface area contributed by atoms with Crippen LogP contribution >= 0.6 is 0 Å². The molecule has 8 rings (SSSR count). The number of hydrogen-bond donors (Lipinski definition) is 1. The lowest BCUT2D eigenvalue weighted by Crippen LogP contribution is -2.66. The Labute approximate surface area is 276 Å². The smallest absolute Gasteiger partial charge is 0.233 e. The Hall–Kier alpha value is -4.24. The van der Waals surface area contributed by atoms with E-state index >= 15 is 0 Å². The van der Waals surface area contributed by atoms with Crippen LogP contribution in [0.5, 0.6) is 11.5 Å². The Balaban J connectivity index is 0.989. The first-order chi connectivity index (χ1) is 22.9. The second kappa shape index (κ2) is 13.5. The highest BCUT2D eigenvalue weighted by Gasteiger charge is 2.48. The van der Waals surface area contributed by atoms with E-state index in [1.165, 1.54) is 61.4 Å². The summed E-state index contributed by atoms with van der Waals surface area (Å²) in [4.78, 5) is 18.0. The average molecular weight is 637 g/mol. The lowest BCUT2D eigenvalue weighted by atomic mass is 9.78. The number of methoxy groups -OCH3 is 1. The predicted molar refractivity (Wildman–Crippen MR) is 180 cm³/mol. The van der Waals surface area contributed by atoms with E-state index in [-0.39, 0.29) is 23.7 Å². The number of hydrogen-bond acceptors (Lipinski definition) is 5.